The molecule has 150 valence electrons. The number of nitrogens with one attached hydrogen (secondary N) is 1. The minimum Gasteiger partial charge on any atom is -0.378 e. The van der Waals surface area contributed by atoms with E-state index in [-0.39, 0.29) is 16.8 Å². The molecule has 2 aromatic rings. The van der Waals surface area contributed by atoms with Crippen molar-refractivity contribution in [2.45, 2.75) is 43.2 Å². The molecular formula is C22H26ClFN2O2. The van der Waals surface area contributed by atoms with E-state index in [1.165, 1.54) is 12.3 Å². The smallest absolute Gasteiger partial charge is 0.141 e. The highest BCUT2D eigenvalue weighted by Crippen LogP contribution is 2.46. The largest absolute Gasteiger partial charge is 0.378 e. The second-order valence-electron chi connectivity index (χ2n) is 7.96. The quantitative estimate of drug-likeness (QED) is 0.730. The van der Waals surface area contributed by atoms with Crippen molar-refractivity contribution in [2.75, 3.05) is 26.4 Å². The van der Waals surface area contributed by atoms with Crippen molar-refractivity contribution in [2.24, 2.45) is 0 Å². The molecule has 6 heteroatoms. The van der Waals surface area contributed by atoms with Crippen LogP contribution in [0.15, 0.2) is 42.6 Å². The molecule has 0 saturated carbocycles. The Hall–Kier alpha value is -1.53. The Labute approximate surface area is 170 Å². The van der Waals surface area contributed by atoms with Crippen LogP contribution in [0.3, 0.4) is 0 Å². The van der Waals surface area contributed by atoms with Gasteiger partial charge in [0.1, 0.15) is 5.82 Å². The summed E-state index contributed by atoms with van der Waals surface area (Å²) >= 11 is 6.07. The lowest BCUT2D eigenvalue weighted by Crippen LogP contribution is -2.49. The van der Waals surface area contributed by atoms with Gasteiger partial charge in [-0.2, -0.15) is 0 Å². The van der Waals surface area contributed by atoms with Gasteiger partial charge in [0.15, 0.2) is 0 Å². The molecule has 2 aliphatic heterocycles. The molecule has 2 fully saturated rings. The van der Waals surface area contributed by atoms with Gasteiger partial charge >= 0.3 is 0 Å². The molecule has 28 heavy (non-hydrogen) atoms. The van der Waals surface area contributed by atoms with Crippen LogP contribution in [0.1, 0.15) is 36.9 Å². The summed E-state index contributed by atoms with van der Waals surface area (Å²) in [6, 6.07) is 11.2. The highest BCUT2D eigenvalue weighted by atomic mass is 35.5. The molecule has 0 unspecified atom stereocenters. The standard InChI is InChI=1S/C22H26ClFN2O2/c23-18-3-1-2-17(12-18)13-25-9-6-21(20-5-4-19(24)14-26-20)7-11-28-22(15-21)8-10-27-16-22/h1-5,12,14,25H,6-11,13,15-16H2/t21-,22+/m1/s1. The van der Waals surface area contributed by atoms with Crippen LogP contribution < -0.4 is 5.32 Å². The maximum Gasteiger partial charge on any atom is 0.141 e. The Balaban J connectivity index is 1.47. The van der Waals surface area contributed by atoms with Crippen molar-refractivity contribution in [3.05, 3.63) is 64.7 Å². The first kappa shape index (κ1) is 19.8. The highest BCUT2D eigenvalue weighted by Gasteiger charge is 2.49. The summed E-state index contributed by atoms with van der Waals surface area (Å²) in [5.74, 6) is -0.302. The van der Waals surface area contributed by atoms with Gasteiger partial charge < -0.3 is 14.8 Å². The van der Waals surface area contributed by atoms with E-state index in [1.54, 1.807) is 0 Å². The summed E-state index contributed by atoms with van der Waals surface area (Å²) in [7, 11) is 0. The fourth-order valence-corrected chi connectivity index (χ4v) is 4.73. The first-order valence-corrected chi connectivity index (χ1v) is 10.3. The Bertz CT molecular complexity index is 795. The minimum atomic E-state index is -0.302. The van der Waals surface area contributed by atoms with Crippen LogP contribution >= 0.6 is 11.6 Å². The van der Waals surface area contributed by atoms with E-state index >= 15 is 0 Å². The fourth-order valence-electron chi connectivity index (χ4n) is 4.52. The highest BCUT2D eigenvalue weighted by molar-refractivity contribution is 6.30. The van der Waals surface area contributed by atoms with Crippen molar-refractivity contribution >= 4 is 11.6 Å². The molecule has 4 rings (SSSR count). The van der Waals surface area contributed by atoms with Gasteiger partial charge in [-0.25, -0.2) is 4.39 Å². The van der Waals surface area contributed by atoms with Crippen LogP contribution in [-0.4, -0.2) is 37.0 Å². The summed E-state index contributed by atoms with van der Waals surface area (Å²) in [5, 5.41) is 4.28. The third-order valence-corrected chi connectivity index (χ3v) is 6.22. The first-order valence-electron chi connectivity index (χ1n) is 9.88. The van der Waals surface area contributed by atoms with Crippen molar-refractivity contribution in [3.63, 3.8) is 0 Å². The summed E-state index contributed by atoms with van der Waals surface area (Å²) in [5.41, 5.74) is 1.74. The number of hydrogen-bond acceptors (Lipinski definition) is 4. The predicted octanol–water partition coefficient (Wildman–Crippen LogP) is 4.26. The number of benzene rings is 1. The average Bonchev–Trinajstić information content (AvgIpc) is 3.13. The van der Waals surface area contributed by atoms with E-state index in [4.69, 9.17) is 21.1 Å². The van der Waals surface area contributed by atoms with Gasteiger partial charge in [0.25, 0.3) is 0 Å². The van der Waals surface area contributed by atoms with Gasteiger partial charge in [0.2, 0.25) is 0 Å². The molecule has 1 aromatic heterocycles. The van der Waals surface area contributed by atoms with Crippen molar-refractivity contribution < 1.29 is 13.9 Å². The van der Waals surface area contributed by atoms with E-state index in [9.17, 15) is 4.39 Å². The molecular weight excluding hydrogens is 379 g/mol. The van der Waals surface area contributed by atoms with Crippen molar-refractivity contribution in [3.8, 4) is 0 Å². The maximum atomic E-state index is 13.5. The second-order valence-corrected chi connectivity index (χ2v) is 8.40. The van der Waals surface area contributed by atoms with Gasteiger partial charge in [-0.3, -0.25) is 4.98 Å². The third kappa shape index (κ3) is 4.38. The van der Waals surface area contributed by atoms with E-state index in [2.05, 4.69) is 16.4 Å². The van der Waals surface area contributed by atoms with E-state index in [0.717, 1.165) is 61.7 Å². The zero-order valence-corrected chi connectivity index (χ0v) is 16.7. The molecule has 1 spiro atoms. The molecule has 2 saturated heterocycles. The number of pyridine rings is 1. The van der Waals surface area contributed by atoms with Gasteiger partial charge in [-0.05, 0) is 55.6 Å². The number of rotatable bonds is 6. The predicted molar refractivity (Wildman–Crippen MR) is 107 cm³/mol. The topological polar surface area (TPSA) is 43.4 Å². The van der Waals surface area contributed by atoms with Gasteiger partial charge in [-0.1, -0.05) is 23.7 Å². The molecule has 0 aliphatic carbocycles. The van der Waals surface area contributed by atoms with Gasteiger partial charge in [0, 0.05) is 42.3 Å². The Morgan fingerprint density at radius 1 is 1.18 bits per heavy atom. The number of aromatic nitrogens is 1. The Morgan fingerprint density at radius 3 is 2.86 bits per heavy atom. The van der Waals surface area contributed by atoms with Crippen LogP contribution in [0.25, 0.3) is 0 Å². The number of ether oxygens (including phenoxy) is 2. The van der Waals surface area contributed by atoms with Gasteiger partial charge in [0.05, 0.1) is 18.4 Å². The monoisotopic (exact) mass is 404 g/mol. The lowest BCUT2D eigenvalue weighted by molar-refractivity contribution is -0.109. The van der Waals surface area contributed by atoms with E-state index in [0.29, 0.717) is 13.2 Å². The molecule has 2 atom stereocenters. The number of hydrogen-bond donors (Lipinski definition) is 1. The zero-order chi connectivity index (χ0) is 19.5. The summed E-state index contributed by atoms with van der Waals surface area (Å²) in [6.45, 7) is 3.64. The fraction of sp³-hybridized carbons (Fsp3) is 0.500. The molecule has 0 amide bonds. The number of halogens is 2. The van der Waals surface area contributed by atoms with Crippen molar-refractivity contribution in [1.82, 2.24) is 10.3 Å². The van der Waals surface area contributed by atoms with E-state index in [1.807, 2.05) is 24.3 Å². The van der Waals surface area contributed by atoms with Crippen LogP contribution in [0.5, 0.6) is 0 Å². The van der Waals surface area contributed by atoms with Crippen molar-refractivity contribution in [1.29, 1.82) is 0 Å². The molecule has 1 aromatic carbocycles. The number of nitrogens with zero attached hydrogens (tertiary/aromatic N) is 1. The molecule has 3 heterocycles. The van der Waals surface area contributed by atoms with E-state index < -0.39 is 0 Å². The Morgan fingerprint density at radius 2 is 2.11 bits per heavy atom. The second kappa shape index (κ2) is 8.46. The molecule has 1 N–H and O–H groups in total. The maximum absolute atomic E-state index is 13.5. The molecule has 4 nitrogen and oxygen atoms in total. The SMILES string of the molecule is Fc1ccc([C@]2(CCNCc3cccc(Cl)c3)CCO[C@@]3(CCOC3)C2)nc1. The van der Waals surface area contributed by atoms with Crippen LogP contribution in [0, 0.1) is 5.82 Å². The zero-order valence-electron chi connectivity index (χ0n) is 15.9. The summed E-state index contributed by atoms with van der Waals surface area (Å²) in [4.78, 5) is 4.46. The first-order chi connectivity index (χ1) is 13.6. The molecule has 0 bridgehead atoms. The van der Waals surface area contributed by atoms with Crippen LogP contribution in [-0.2, 0) is 21.4 Å². The lowest BCUT2D eigenvalue weighted by atomic mass is 9.68. The minimum absolute atomic E-state index is 0.138. The third-order valence-electron chi connectivity index (χ3n) is 5.99. The average molecular weight is 405 g/mol. The molecule has 0 radical (unpaired) electrons. The Kier molecular flexibility index (Phi) is 5.97. The lowest BCUT2D eigenvalue weighted by Gasteiger charge is -2.45. The van der Waals surface area contributed by atoms with Crippen LogP contribution in [0.4, 0.5) is 4.39 Å². The normalized spacial score (nSPS) is 27.4. The van der Waals surface area contributed by atoms with Gasteiger partial charge in [-0.15, -0.1) is 0 Å². The summed E-state index contributed by atoms with van der Waals surface area (Å²) < 4.78 is 25.3. The molecule has 2 aliphatic rings. The summed E-state index contributed by atoms with van der Waals surface area (Å²) in [6.07, 6.45) is 4.89. The van der Waals surface area contributed by atoms with Crippen LogP contribution in [0.2, 0.25) is 5.02 Å².